The van der Waals surface area contributed by atoms with E-state index in [1.165, 1.54) is 23.5 Å². The molecule has 0 aromatic heterocycles. The minimum atomic E-state index is -3.86. The zero-order chi connectivity index (χ0) is 21.7. The third kappa shape index (κ3) is 4.94. The third-order valence-electron chi connectivity index (χ3n) is 5.02. The van der Waals surface area contributed by atoms with Crippen LogP contribution < -0.4 is 9.04 Å². The number of rotatable bonds is 8. The molecule has 162 valence electrons. The van der Waals surface area contributed by atoms with Gasteiger partial charge in [-0.1, -0.05) is 6.07 Å². The van der Waals surface area contributed by atoms with Crippen LogP contribution in [-0.4, -0.2) is 47.4 Å². The van der Waals surface area contributed by atoms with Gasteiger partial charge < -0.3 is 14.2 Å². The van der Waals surface area contributed by atoms with E-state index in [1.54, 1.807) is 37.3 Å². The van der Waals surface area contributed by atoms with Gasteiger partial charge in [0.25, 0.3) is 10.0 Å². The summed E-state index contributed by atoms with van der Waals surface area (Å²) in [4.78, 5) is 12.6. The summed E-state index contributed by atoms with van der Waals surface area (Å²) in [6, 6.07) is 11.3. The highest BCUT2D eigenvalue weighted by Gasteiger charge is 2.25. The van der Waals surface area contributed by atoms with Crippen molar-refractivity contribution in [3.05, 3.63) is 53.6 Å². The SMILES string of the molecule is CCOc1ccc(N(C)S(=O)(=O)c2ccc(C)c(C(=O)OCC3CCCO3)c2)cc1. The summed E-state index contributed by atoms with van der Waals surface area (Å²) in [6.07, 6.45) is 1.72. The fourth-order valence-electron chi connectivity index (χ4n) is 3.22. The summed E-state index contributed by atoms with van der Waals surface area (Å²) in [5, 5.41) is 0. The van der Waals surface area contributed by atoms with E-state index in [4.69, 9.17) is 14.2 Å². The molecule has 8 heteroatoms. The zero-order valence-corrected chi connectivity index (χ0v) is 18.3. The molecule has 1 aliphatic rings. The van der Waals surface area contributed by atoms with Gasteiger partial charge in [0.1, 0.15) is 12.4 Å². The minimum Gasteiger partial charge on any atom is -0.494 e. The molecule has 1 fully saturated rings. The Bertz CT molecular complexity index is 981. The highest BCUT2D eigenvalue weighted by atomic mass is 32.2. The van der Waals surface area contributed by atoms with E-state index in [1.807, 2.05) is 6.92 Å². The van der Waals surface area contributed by atoms with Crippen LogP contribution in [0, 0.1) is 6.92 Å². The second-order valence-corrected chi connectivity index (χ2v) is 9.08. The van der Waals surface area contributed by atoms with Gasteiger partial charge in [0.15, 0.2) is 0 Å². The summed E-state index contributed by atoms with van der Waals surface area (Å²) in [6.45, 7) is 5.00. The largest absolute Gasteiger partial charge is 0.494 e. The lowest BCUT2D eigenvalue weighted by atomic mass is 10.1. The number of hydrogen-bond donors (Lipinski definition) is 0. The van der Waals surface area contributed by atoms with Crippen LogP contribution in [0.15, 0.2) is 47.4 Å². The van der Waals surface area contributed by atoms with Crippen LogP contribution in [-0.2, 0) is 19.5 Å². The van der Waals surface area contributed by atoms with Crippen molar-refractivity contribution in [2.75, 3.05) is 31.2 Å². The van der Waals surface area contributed by atoms with Gasteiger partial charge in [-0.15, -0.1) is 0 Å². The maximum atomic E-state index is 13.1. The molecule has 0 saturated carbocycles. The topological polar surface area (TPSA) is 82.1 Å². The summed E-state index contributed by atoms with van der Waals surface area (Å²) < 4.78 is 43.6. The molecule has 0 aliphatic carbocycles. The van der Waals surface area contributed by atoms with Crippen molar-refractivity contribution in [1.82, 2.24) is 0 Å². The number of esters is 1. The van der Waals surface area contributed by atoms with Gasteiger partial charge in [0.05, 0.1) is 28.9 Å². The van der Waals surface area contributed by atoms with Crippen molar-refractivity contribution in [2.24, 2.45) is 0 Å². The van der Waals surface area contributed by atoms with Crippen LogP contribution in [0.1, 0.15) is 35.7 Å². The fraction of sp³-hybridized carbons (Fsp3) is 0.409. The highest BCUT2D eigenvalue weighted by Crippen LogP contribution is 2.26. The van der Waals surface area contributed by atoms with Crippen molar-refractivity contribution >= 4 is 21.7 Å². The smallest absolute Gasteiger partial charge is 0.338 e. The molecule has 0 N–H and O–H groups in total. The van der Waals surface area contributed by atoms with E-state index < -0.39 is 16.0 Å². The van der Waals surface area contributed by atoms with E-state index in [9.17, 15) is 13.2 Å². The number of ether oxygens (including phenoxy) is 3. The Labute approximate surface area is 177 Å². The quantitative estimate of drug-likeness (QED) is 0.592. The van der Waals surface area contributed by atoms with Crippen LogP contribution in [0.3, 0.4) is 0 Å². The summed E-state index contributed by atoms with van der Waals surface area (Å²) in [7, 11) is -2.39. The molecule has 0 amide bonds. The molecular formula is C22H27NO6S. The van der Waals surface area contributed by atoms with Crippen molar-refractivity contribution in [1.29, 1.82) is 0 Å². The van der Waals surface area contributed by atoms with Gasteiger partial charge in [0, 0.05) is 13.7 Å². The second kappa shape index (κ2) is 9.49. The van der Waals surface area contributed by atoms with Crippen molar-refractivity contribution in [3.8, 4) is 5.75 Å². The van der Waals surface area contributed by atoms with Crippen molar-refractivity contribution in [3.63, 3.8) is 0 Å². The number of benzene rings is 2. The third-order valence-corrected chi connectivity index (χ3v) is 6.80. The molecule has 2 aromatic rings. The average Bonchev–Trinajstić information content (AvgIpc) is 3.26. The number of anilines is 1. The molecule has 1 heterocycles. The maximum absolute atomic E-state index is 13.1. The second-order valence-electron chi connectivity index (χ2n) is 7.11. The molecule has 3 rings (SSSR count). The summed E-state index contributed by atoms with van der Waals surface area (Å²) in [5.74, 6) is 0.113. The number of aryl methyl sites for hydroxylation is 1. The van der Waals surface area contributed by atoms with Gasteiger partial charge >= 0.3 is 5.97 Å². The van der Waals surface area contributed by atoms with E-state index in [0.29, 0.717) is 30.2 Å². The van der Waals surface area contributed by atoms with Crippen LogP contribution >= 0.6 is 0 Å². The Morgan fingerprint density at radius 2 is 1.93 bits per heavy atom. The van der Waals surface area contributed by atoms with Gasteiger partial charge in [-0.25, -0.2) is 13.2 Å². The maximum Gasteiger partial charge on any atom is 0.338 e. The Morgan fingerprint density at radius 3 is 2.57 bits per heavy atom. The fourth-order valence-corrected chi connectivity index (χ4v) is 4.44. The van der Waals surface area contributed by atoms with Crippen molar-refractivity contribution < 1.29 is 27.4 Å². The molecule has 1 atom stereocenters. The van der Waals surface area contributed by atoms with E-state index in [0.717, 1.165) is 12.8 Å². The molecule has 1 saturated heterocycles. The Balaban J connectivity index is 1.79. The van der Waals surface area contributed by atoms with E-state index in [-0.39, 0.29) is 23.2 Å². The van der Waals surface area contributed by atoms with Gasteiger partial charge in [-0.3, -0.25) is 4.31 Å². The monoisotopic (exact) mass is 433 g/mol. The molecule has 1 aliphatic heterocycles. The van der Waals surface area contributed by atoms with Crippen LogP contribution in [0.4, 0.5) is 5.69 Å². The van der Waals surface area contributed by atoms with Gasteiger partial charge in [-0.05, 0) is 68.7 Å². The summed E-state index contributed by atoms with van der Waals surface area (Å²) >= 11 is 0. The minimum absolute atomic E-state index is 0.0218. The zero-order valence-electron chi connectivity index (χ0n) is 17.5. The number of nitrogens with zero attached hydrogens (tertiary/aromatic N) is 1. The first kappa shape index (κ1) is 22.1. The van der Waals surface area contributed by atoms with Crippen molar-refractivity contribution in [2.45, 2.75) is 37.7 Å². The predicted octanol–water partition coefficient (Wildman–Crippen LogP) is 3.55. The Morgan fingerprint density at radius 1 is 1.20 bits per heavy atom. The molecular weight excluding hydrogens is 406 g/mol. The standard InChI is InChI=1S/C22H27NO6S/c1-4-27-18-10-8-17(9-11-18)23(3)30(25,26)20-12-7-16(2)21(14-20)22(24)29-15-19-6-5-13-28-19/h7-12,14,19H,4-6,13,15H2,1-3H3. The number of hydrogen-bond acceptors (Lipinski definition) is 6. The first-order valence-corrected chi connectivity index (χ1v) is 11.4. The van der Waals surface area contributed by atoms with Gasteiger partial charge in [0.2, 0.25) is 0 Å². The number of sulfonamides is 1. The van der Waals surface area contributed by atoms with E-state index >= 15 is 0 Å². The molecule has 0 bridgehead atoms. The Hall–Kier alpha value is -2.58. The molecule has 2 aromatic carbocycles. The van der Waals surface area contributed by atoms with Crippen LogP contribution in [0.2, 0.25) is 0 Å². The molecule has 7 nitrogen and oxygen atoms in total. The first-order chi connectivity index (χ1) is 14.3. The average molecular weight is 434 g/mol. The van der Waals surface area contributed by atoms with Crippen LogP contribution in [0.25, 0.3) is 0 Å². The molecule has 0 spiro atoms. The normalized spacial score (nSPS) is 16.3. The van der Waals surface area contributed by atoms with Gasteiger partial charge in [-0.2, -0.15) is 0 Å². The number of carbonyl (C=O) groups is 1. The van der Waals surface area contributed by atoms with Crippen LogP contribution in [0.5, 0.6) is 5.75 Å². The Kier molecular flexibility index (Phi) is 6.99. The lowest BCUT2D eigenvalue weighted by Crippen LogP contribution is -2.27. The number of carbonyl (C=O) groups excluding carboxylic acids is 1. The highest BCUT2D eigenvalue weighted by molar-refractivity contribution is 7.92. The molecule has 0 radical (unpaired) electrons. The molecule has 30 heavy (non-hydrogen) atoms. The van der Waals surface area contributed by atoms with E-state index in [2.05, 4.69) is 0 Å². The lowest BCUT2D eigenvalue weighted by Gasteiger charge is -2.20. The predicted molar refractivity (Wildman–Crippen MR) is 114 cm³/mol. The first-order valence-electron chi connectivity index (χ1n) is 9.94. The lowest BCUT2D eigenvalue weighted by molar-refractivity contribution is 0.0160. The molecule has 1 unspecified atom stereocenters. The summed E-state index contributed by atoms with van der Waals surface area (Å²) in [5.41, 5.74) is 1.37.